The van der Waals surface area contributed by atoms with Crippen LogP contribution in [-0.2, 0) is 6.54 Å². The lowest BCUT2D eigenvalue weighted by atomic mass is 9.98. The van der Waals surface area contributed by atoms with E-state index in [0.29, 0.717) is 5.92 Å². The molecule has 4 nitrogen and oxygen atoms in total. The normalized spacial score (nSPS) is 16.3. The molecule has 0 atom stereocenters. The first kappa shape index (κ1) is 14.5. The summed E-state index contributed by atoms with van der Waals surface area (Å²) in [7, 11) is 0. The highest BCUT2D eigenvalue weighted by Gasteiger charge is 2.17. The highest BCUT2D eigenvalue weighted by atomic mass is 19.1. The van der Waals surface area contributed by atoms with Gasteiger partial charge in [-0.1, -0.05) is 0 Å². The first-order valence-electron chi connectivity index (χ1n) is 8.22. The van der Waals surface area contributed by atoms with E-state index in [0.717, 1.165) is 47.4 Å². The van der Waals surface area contributed by atoms with Crippen LogP contribution in [0.4, 0.5) is 4.39 Å². The summed E-state index contributed by atoms with van der Waals surface area (Å²) >= 11 is 0. The zero-order valence-corrected chi connectivity index (χ0v) is 13.3. The summed E-state index contributed by atoms with van der Waals surface area (Å²) in [6, 6.07) is 4.88. The molecule has 1 aromatic carbocycles. The monoisotopic (exact) mass is 312 g/mol. The van der Waals surface area contributed by atoms with Gasteiger partial charge in [-0.15, -0.1) is 0 Å². The van der Waals surface area contributed by atoms with Crippen molar-refractivity contribution < 1.29 is 4.39 Å². The molecule has 23 heavy (non-hydrogen) atoms. The van der Waals surface area contributed by atoms with Gasteiger partial charge in [0.2, 0.25) is 0 Å². The fraction of sp³-hybridized carbons (Fsp3) is 0.389. The van der Waals surface area contributed by atoms with E-state index in [1.165, 1.54) is 25.0 Å². The van der Waals surface area contributed by atoms with Crippen molar-refractivity contribution in [3.8, 4) is 11.1 Å². The summed E-state index contributed by atoms with van der Waals surface area (Å²) in [6.45, 7) is 5.22. The van der Waals surface area contributed by atoms with E-state index in [1.807, 2.05) is 19.2 Å². The van der Waals surface area contributed by atoms with Gasteiger partial charge in [0.25, 0.3) is 0 Å². The van der Waals surface area contributed by atoms with Crippen LogP contribution in [0.25, 0.3) is 22.0 Å². The van der Waals surface area contributed by atoms with Crippen molar-refractivity contribution in [1.29, 1.82) is 0 Å². The summed E-state index contributed by atoms with van der Waals surface area (Å²) in [6.07, 6.45) is 6.49. The van der Waals surface area contributed by atoms with Crippen LogP contribution in [0.5, 0.6) is 0 Å². The molecule has 0 spiro atoms. The molecule has 4 rings (SSSR count). The minimum atomic E-state index is -0.218. The maximum atomic E-state index is 13.4. The van der Waals surface area contributed by atoms with Crippen molar-refractivity contribution >= 4 is 10.9 Å². The molecule has 2 aromatic heterocycles. The third-order valence-corrected chi connectivity index (χ3v) is 4.78. The molecule has 1 fully saturated rings. The van der Waals surface area contributed by atoms with E-state index < -0.39 is 0 Å². The summed E-state index contributed by atoms with van der Waals surface area (Å²) in [4.78, 5) is 3.16. The Balaban J connectivity index is 1.65. The number of aromatic nitrogens is 3. The lowest BCUT2D eigenvalue weighted by Crippen LogP contribution is -2.30. The Morgan fingerprint density at radius 1 is 1.26 bits per heavy atom. The van der Waals surface area contributed by atoms with Crippen LogP contribution in [0, 0.1) is 18.7 Å². The molecule has 0 radical (unpaired) electrons. The predicted molar refractivity (Wildman–Crippen MR) is 89.8 cm³/mol. The lowest BCUT2D eigenvalue weighted by Gasteiger charge is -2.22. The number of rotatable bonds is 3. The Hall–Kier alpha value is -2.14. The number of aromatic amines is 1. The van der Waals surface area contributed by atoms with Crippen LogP contribution in [0.3, 0.4) is 0 Å². The largest absolute Gasteiger partial charge is 0.360 e. The fourth-order valence-electron chi connectivity index (χ4n) is 3.53. The average molecular weight is 312 g/mol. The molecular weight excluding hydrogens is 291 g/mol. The van der Waals surface area contributed by atoms with E-state index >= 15 is 0 Å². The van der Waals surface area contributed by atoms with Crippen molar-refractivity contribution in [2.75, 3.05) is 13.1 Å². The number of hydrogen-bond donors (Lipinski definition) is 2. The van der Waals surface area contributed by atoms with Gasteiger partial charge in [-0.25, -0.2) is 4.39 Å². The first-order valence-corrected chi connectivity index (χ1v) is 8.22. The predicted octanol–water partition coefficient (Wildman–Crippen LogP) is 3.48. The highest BCUT2D eigenvalue weighted by Crippen LogP contribution is 2.31. The van der Waals surface area contributed by atoms with E-state index in [2.05, 4.69) is 21.2 Å². The molecule has 1 aliphatic heterocycles. The third kappa shape index (κ3) is 2.77. The topological polar surface area (TPSA) is 45.6 Å². The van der Waals surface area contributed by atoms with Gasteiger partial charge >= 0.3 is 0 Å². The van der Waals surface area contributed by atoms with Crippen LogP contribution in [0.15, 0.2) is 30.6 Å². The molecule has 1 saturated heterocycles. The molecular formula is C18H21FN4. The number of nitrogens with zero attached hydrogens (tertiary/aromatic N) is 2. The Morgan fingerprint density at radius 2 is 2.09 bits per heavy atom. The smallest absolute Gasteiger partial charge is 0.125 e. The zero-order valence-electron chi connectivity index (χ0n) is 13.3. The van der Waals surface area contributed by atoms with Crippen LogP contribution in [0.1, 0.15) is 18.5 Å². The minimum absolute atomic E-state index is 0.218. The number of H-pyrrole nitrogens is 1. The standard InChI is InChI=1S/C18H21FN4/c1-12-17(11-23(22-12)10-13-4-6-20-7-5-13)16-9-21-18-8-14(19)2-3-15(16)18/h2-3,8-9,11,13,20-21H,4-7,10H2,1H3. The maximum Gasteiger partial charge on any atom is 0.125 e. The molecule has 120 valence electrons. The van der Waals surface area contributed by atoms with Crippen molar-refractivity contribution in [2.45, 2.75) is 26.3 Å². The number of aryl methyl sites for hydroxylation is 1. The Labute approximate surface area is 134 Å². The second kappa shape index (κ2) is 5.81. The molecule has 2 N–H and O–H groups in total. The summed E-state index contributed by atoms with van der Waals surface area (Å²) < 4.78 is 15.4. The second-order valence-corrected chi connectivity index (χ2v) is 6.44. The summed E-state index contributed by atoms with van der Waals surface area (Å²) in [5, 5.41) is 9.13. The van der Waals surface area contributed by atoms with E-state index in [1.54, 1.807) is 0 Å². The van der Waals surface area contributed by atoms with Crippen LogP contribution < -0.4 is 5.32 Å². The molecule has 0 saturated carbocycles. The molecule has 0 aliphatic carbocycles. The van der Waals surface area contributed by atoms with Gasteiger partial charge in [0, 0.05) is 41.0 Å². The van der Waals surface area contributed by atoms with Crippen LogP contribution in [-0.4, -0.2) is 27.9 Å². The first-order chi connectivity index (χ1) is 11.2. The number of nitrogens with one attached hydrogen (secondary N) is 2. The van der Waals surface area contributed by atoms with Gasteiger partial charge in [-0.2, -0.15) is 5.10 Å². The van der Waals surface area contributed by atoms with Gasteiger partial charge in [0.1, 0.15) is 5.82 Å². The Morgan fingerprint density at radius 3 is 2.91 bits per heavy atom. The van der Waals surface area contributed by atoms with Gasteiger partial charge in [-0.3, -0.25) is 4.68 Å². The lowest BCUT2D eigenvalue weighted by molar-refractivity contribution is 0.321. The maximum absolute atomic E-state index is 13.4. The van der Waals surface area contributed by atoms with Crippen molar-refractivity contribution in [3.63, 3.8) is 0 Å². The summed E-state index contributed by atoms with van der Waals surface area (Å²) in [5.74, 6) is 0.477. The highest BCUT2D eigenvalue weighted by molar-refractivity contribution is 5.95. The number of halogens is 1. The summed E-state index contributed by atoms with van der Waals surface area (Å²) in [5.41, 5.74) is 4.06. The van der Waals surface area contributed by atoms with Gasteiger partial charge in [-0.05, 0) is 57.0 Å². The van der Waals surface area contributed by atoms with Gasteiger partial charge in [0.05, 0.1) is 5.69 Å². The van der Waals surface area contributed by atoms with Gasteiger partial charge in [0.15, 0.2) is 0 Å². The minimum Gasteiger partial charge on any atom is -0.360 e. The van der Waals surface area contributed by atoms with E-state index in [-0.39, 0.29) is 5.82 Å². The van der Waals surface area contributed by atoms with Gasteiger partial charge < -0.3 is 10.3 Å². The number of fused-ring (bicyclic) bond motifs is 1. The number of benzene rings is 1. The molecule has 0 amide bonds. The Bertz CT molecular complexity index is 827. The quantitative estimate of drug-likeness (QED) is 0.778. The molecule has 0 bridgehead atoms. The van der Waals surface area contributed by atoms with E-state index in [4.69, 9.17) is 5.10 Å². The van der Waals surface area contributed by atoms with Crippen molar-refractivity contribution in [3.05, 3.63) is 42.1 Å². The third-order valence-electron chi connectivity index (χ3n) is 4.78. The molecule has 1 aliphatic rings. The molecule has 3 heterocycles. The number of hydrogen-bond acceptors (Lipinski definition) is 2. The molecule has 3 aromatic rings. The average Bonchev–Trinajstić information content (AvgIpc) is 3.11. The fourth-order valence-corrected chi connectivity index (χ4v) is 3.53. The number of piperidine rings is 1. The molecule has 5 heteroatoms. The zero-order chi connectivity index (χ0) is 15.8. The van der Waals surface area contributed by atoms with Crippen molar-refractivity contribution in [2.24, 2.45) is 5.92 Å². The van der Waals surface area contributed by atoms with Crippen LogP contribution >= 0.6 is 0 Å². The second-order valence-electron chi connectivity index (χ2n) is 6.44. The van der Waals surface area contributed by atoms with Crippen molar-refractivity contribution in [1.82, 2.24) is 20.1 Å². The molecule has 0 unspecified atom stereocenters. The SMILES string of the molecule is Cc1nn(CC2CCNCC2)cc1-c1c[nH]c2cc(F)ccc12. The Kier molecular flexibility index (Phi) is 3.65. The van der Waals surface area contributed by atoms with Crippen LogP contribution in [0.2, 0.25) is 0 Å². The van der Waals surface area contributed by atoms with E-state index in [9.17, 15) is 4.39 Å².